The number of likely N-dealkylation sites (N-methyl/N-ethyl adjacent to an activating group) is 1. The summed E-state index contributed by atoms with van der Waals surface area (Å²) in [5.41, 5.74) is 2.74. The molecular weight excluding hydrogens is 240 g/mol. The van der Waals surface area contributed by atoms with Gasteiger partial charge in [0.15, 0.2) is 0 Å². The summed E-state index contributed by atoms with van der Waals surface area (Å²) in [6, 6.07) is 8.75. The van der Waals surface area contributed by atoms with E-state index >= 15 is 0 Å². The summed E-state index contributed by atoms with van der Waals surface area (Å²) in [5.74, 6) is -0.741. The standard InChI is InChI=1S/C15H22N2O2/c1-16(2)7-8-17(11-15(18)19)14-9-12-5-3-4-6-13(12)10-14/h3-6,14H,7-11H2,1-2H3,(H,18,19). The van der Waals surface area contributed by atoms with Gasteiger partial charge in [-0.15, -0.1) is 0 Å². The lowest BCUT2D eigenvalue weighted by Gasteiger charge is -2.28. The van der Waals surface area contributed by atoms with E-state index in [1.54, 1.807) is 0 Å². The Bertz CT molecular complexity index is 421. The quantitative estimate of drug-likeness (QED) is 0.834. The summed E-state index contributed by atoms with van der Waals surface area (Å²) in [7, 11) is 4.03. The van der Waals surface area contributed by atoms with Crippen LogP contribution in [0.2, 0.25) is 0 Å². The lowest BCUT2D eigenvalue weighted by molar-refractivity contribution is -0.138. The van der Waals surface area contributed by atoms with E-state index < -0.39 is 5.97 Å². The largest absolute Gasteiger partial charge is 0.480 e. The van der Waals surface area contributed by atoms with Crippen molar-refractivity contribution in [3.8, 4) is 0 Å². The minimum absolute atomic E-state index is 0.131. The molecule has 1 aromatic rings. The zero-order valence-electron chi connectivity index (χ0n) is 11.7. The fraction of sp³-hybridized carbons (Fsp3) is 0.533. The normalized spacial score (nSPS) is 15.2. The Kier molecular flexibility index (Phi) is 4.56. The molecule has 0 aliphatic heterocycles. The first-order valence-corrected chi connectivity index (χ1v) is 6.73. The van der Waals surface area contributed by atoms with Crippen LogP contribution in [0.1, 0.15) is 11.1 Å². The Labute approximate surface area is 114 Å². The van der Waals surface area contributed by atoms with E-state index in [0.717, 1.165) is 25.9 Å². The summed E-state index contributed by atoms with van der Waals surface area (Å²) in [4.78, 5) is 15.2. The summed E-state index contributed by atoms with van der Waals surface area (Å²) in [6.45, 7) is 1.82. The molecule has 104 valence electrons. The number of carboxylic acids is 1. The number of aliphatic carboxylic acids is 1. The maximum absolute atomic E-state index is 11.0. The van der Waals surface area contributed by atoms with Crippen molar-refractivity contribution in [1.82, 2.24) is 9.80 Å². The fourth-order valence-corrected chi connectivity index (χ4v) is 2.69. The molecule has 1 aliphatic rings. The molecule has 0 spiro atoms. The number of fused-ring (bicyclic) bond motifs is 1. The predicted octanol–water partition coefficient (Wildman–Crippen LogP) is 1.10. The highest BCUT2D eigenvalue weighted by atomic mass is 16.4. The van der Waals surface area contributed by atoms with Gasteiger partial charge in [-0.1, -0.05) is 24.3 Å². The molecule has 19 heavy (non-hydrogen) atoms. The maximum Gasteiger partial charge on any atom is 0.317 e. The van der Waals surface area contributed by atoms with Crippen molar-refractivity contribution in [2.75, 3.05) is 33.7 Å². The van der Waals surface area contributed by atoms with Gasteiger partial charge < -0.3 is 10.0 Å². The van der Waals surface area contributed by atoms with E-state index in [1.807, 2.05) is 14.1 Å². The molecule has 0 unspecified atom stereocenters. The van der Waals surface area contributed by atoms with Gasteiger partial charge in [0.1, 0.15) is 0 Å². The van der Waals surface area contributed by atoms with Crippen molar-refractivity contribution < 1.29 is 9.90 Å². The molecule has 0 saturated heterocycles. The third-order valence-corrected chi connectivity index (χ3v) is 3.72. The van der Waals surface area contributed by atoms with Crippen LogP contribution in [0.4, 0.5) is 0 Å². The van der Waals surface area contributed by atoms with Gasteiger partial charge in [-0.2, -0.15) is 0 Å². The maximum atomic E-state index is 11.0. The zero-order chi connectivity index (χ0) is 13.8. The van der Waals surface area contributed by atoms with E-state index in [2.05, 4.69) is 34.1 Å². The average molecular weight is 262 g/mol. The van der Waals surface area contributed by atoms with Gasteiger partial charge >= 0.3 is 5.97 Å². The van der Waals surface area contributed by atoms with E-state index in [-0.39, 0.29) is 6.54 Å². The van der Waals surface area contributed by atoms with Crippen LogP contribution in [0.25, 0.3) is 0 Å². The summed E-state index contributed by atoms with van der Waals surface area (Å²) in [5, 5.41) is 9.07. The number of nitrogens with zero attached hydrogens (tertiary/aromatic N) is 2. The molecule has 0 heterocycles. The van der Waals surface area contributed by atoms with Gasteiger partial charge in [-0.05, 0) is 38.1 Å². The van der Waals surface area contributed by atoms with E-state index in [1.165, 1.54) is 11.1 Å². The van der Waals surface area contributed by atoms with Crippen molar-refractivity contribution in [2.24, 2.45) is 0 Å². The van der Waals surface area contributed by atoms with Crippen LogP contribution in [0.3, 0.4) is 0 Å². The monoisotopic (exact) mass is 262 g/mol. The second-order valence-corrected chi connectivity index (χ2v) is 5.50. The molecule has 1 aliphatic carbocycles. The highest BCUT2D eigenvalue weighted by molar-refractivity contribution is 5.69. The lowest BCUT2D eigenvalue weighted by Crippen LogP contribution is -2.43. The van der Waals surface area contributed by atoms with E-state index in [0.29, 0.717) is 6.04 Å². The Morgan fingerprint density at radius 3 is 2.26 bits per heavy atom. The molecule has 0 atom stereocenters. The molecule has 0 aromatic heterocycles. The SMILES string of the molecule is CN(C)CCN(CC(=O)O)C1Cc2ccccc2C1. The number of rotatable bonds is 6. The number of carboxylic acid groups (broad SMARTS) is 1. The van der Waals surface area contributed by atoms with Crippen LogP contribution >= 0.6 is 0 Å². The summed E-state index contributed by atoms with van der Waals surface area (Å²) >= 11 is 0. The van der Waals surface area contributed by atoms with E-state index in [9.17, 15) is 4.79 Å². The van der Waals surface area contributed by atoms with Crippen molar-refractivity contribution in [2.45, 2.75) is 18.9 Å². The Balaban J connectivity index is 2.02. The van der Waals surface area contributed by atoms with Crippen LogP contribution in [0.15, 0.2) is 24.3 Å². The van der Waals surface area contributed by atoms with Crippen LogP contribution < -0.4 is 0 Å². The minimum atomic E-state index is -0.741. The molecule has 0 fully saturated rings. The molecule has 1 aromatic carbocycles. The van der Waals surface area contributed by atoms with Crippen molar-refractivity contribution in [3.05, 3.63) is 35.4 Å². The van der Waals surface area contributed by atoms with Gasteiger partial charge in [-0.3, -0.25) is 9.69 Å². The van der Waals surface area contributed by atoms with Gasteiger partial charge in [0.25, 0.3) is 0 Å². The van der Waals surface area contributed by atoms with Crippen molar-refractivity contribution >= 4 is 5.97 Å². The molecular formula is C15H22N2O2. The molecule has 0 bridgehead atoms. The van der Waals surface area contributed by atoms with Crippen molar-refractivity contribution in [1.29, 1.82) is 0 Å². The summed E-state index contributed by atoms with van der Waals surface area (Å²) in [6.07, 6.45) is 1.94. The third-order valence-electron chi connectivity index (χ3n) is 3.72. The van der Waals surface area contributed by atoms with Crippen LogP contribution in [-0.4, -0.2) is 60.6 Å². The van der Waals surface area contributed by atoms with Gasteiger partial charge in [0.2, 0.25) is 0 Å². The molecule has 0 saturated carbocycles. The van der Waals surface area contributed by atoms with Gasteiger partial charge in [0.05, 0.1) is 6.54 Å². The van der Waals surface area contributed by atoms with Gasteiger partial charge in [0, 0.05) is 19.1 Å². The first kappa shape index (κ1) is 14.0. The second kappa shape index (κ2) is 6.17. The molecule has 1 N–H and O–H groups in total. The van der Waals surface area contributed by atoms with Crippen molar-refractivity contribution in [3.63, 3.8) is 0 Å². The number of hydrogen-bond acceptors (Lipinski definition) is 3. The average Bonchev–Trinajstić information content (AvgIpc) is 2.77. The minimum Gasteiger partial charge on any atom is -0.480 e. The molecule has 4 nitrogen and oxygen atoms in total. The number of hydrogen-bond donors (Lipinski definition) is 1. The first-order valence-electron chi connectivity index (χ1n) is 6.73. The lowest BCUT2D eigenvalue weighted by atomic mass is 10.1. The highest BCUT2D eigenvalue weighted by Gasteiger charge is 2.27. The van der Waals surface area contributed by atoms with Crippen LogP contribution in [0.5, 0.6) is 0 Å². The number of benzene rings is 1. The zero-order valence-corrected chi connectivity index (χ0v) is 11.7. The fourth-order valence-electron chi connectivity index (χ4n) is 2.69. The predicted molar refractivity (Wildman–Crippen MR) is 75.4 cm³/mol. The third kappa shape index (κ3) is 3.78. The second-order valence-electron chi connectivity index (χ2n) is 5.50. The Morgan fingerprint density at radius 1 is 1.21 bits per heavy atom. The molecule has 4 heteroatoms. The Morgan fingerprint density at radius 2 is 1.79 bits per heavy atom. The smallest absolute Gasteiger partial charge is 0.317 e. The van der Waals surface area contributed by atoms with E-state index in [4.69, 9.17) is 5.11 Å². The van der Waals surface area contributed by atoms with Gasteiger partial charge in [-0.25, -0.2) is 0 Å². The van der Waals surface area contributed by atoms with Crippen LogP contribution in [0, 0.1) is 0 Å². The highest BCUT2D eigenvalue weighted by Crippen LogP contribution is 2.25. The topological polar surface area (TPSA) is 43.8 Å². The summed E-state index contributed by atoms with van der Waals surface area (Å²) < 4.78 is 0. The first-order chi connectivity index (χ1) is 9.06. The van der Waals surface area contributed by atoms with Crippen LogP contribution in [-0.2, 0) is 17.6 Å². The molecule has 0 amide bonds. The molecule has 0 radical (unpaired) electrons. The Hall–Kier alpha value is -1.39. The number of carbonyl (C=O) groups is 1. The molecule has 2 rings (SSSR count).